The van der Waals surface area contributed by atoms with Gasteiger partial charge in [0.2, 0.25) is 5.91 Å². The van der Waals surface area contributed by atoms with Gasteiger partial charge in [-0.2, -0.15) is 0 Å². The van der Waals surface area contributed by atoms with Gasteiger partial charge in [-0.15, -0.1) is 0 Å². The first-order valence-corrected chi connectivity index (χ1v) is 9.75. The summed E-state index contributed by atoms with van der Waals surface area (Å²) < 4.78 is 16.2. The van der Waals surface area contributed by atoms with E-state index < -0.39 is 5.41 Å². The van der Waals surface area contributed by atoms with Crippen LogP contribution in [0.1, 0.15) is 36.8 Å². The summed E-state index contributed by atoms with van der Waals surface area (Å²) in [6.07, 6.45) is 3.75. The van der Waals surface area contributed by atoms with Crippen LogP contribution in [0.2, 0.25) is 5.02 Å². The first-order valence-electron chi connectivity index (χ1n) is 9.37. The Morgan fingerprint density at radius 2 is 1.54 bits per heavy atom. The Hall–Kier alpha value is -2.40. The molecule has 2 aromatic carbocycles. The maximum absolute atomic E-state index is 13.3. The fourth-order valence-electron chi connectivity index (χ4n) is 3.97. The highest BCUT2D eigenvalue weighted by atomic mass is 35.5. The molecule has 0 radical (unpaired) electrons. The summed E-state index contributed by atoms with van der Waals surface area (Å²) >= 11 is 6.03. The lowest BCUT2D eigenvalue weighted by molar-refractivity contribution is -0.126. The van der Waals surface area contributed by atoms with Crippen LogP contribution in [0, 0.1) is 0 Å². The molecule has 0 unspecified atom stereocenters. The van der Waals surface area contributed by atoms with Gasteiger partial charge in [0.25, 0.3) is 0 Å². The van der Waals surface area contributed by atoms with Crippen LogP contribution in [0.25, 0.3) is 0 Å². The Balaban J connectivity index is 1.83. The van der Waals surface area contributed by atoms with Gasteiger partial charge in [-0.25, -0.2) is 0 Å². The molecule has 1 saturated carbocycles. The van der Waals surface area contributed by atoms with Crippen LogP contribution in [0.3, 0.4) is 0 Å². The molecule has 28 heavy (non-hydrogen) atoms. The van der Waals surface area contributed by atoms with Gasteiger partial charge in [-0.3, -0.25) is 4.79 Å². The summed E-state index contributed by atoms with van der Waals surface area (Å²) in [6.45, 7) is 0.345. The highest BCUT2D eigenvalue weighted by Crippen LogP contribution is 2.42. The van der Waals surface area contributed by atoms with Crippen LogP contribution in [-0.2, 0) is 16.8 Å². The van der Waals surface area contributed by atoms with Crippen molar-refractivity contribution in [3.63, 3.8) is 0 Å². The topological polar surface area (TPSA) is 56.8 Å². The van der Waals surface area contributed by atoms with Crippen molar-refractivity contribution in [2.24, 2.45) is 0 Å². The molecule has 1 amide bonds. The van der Waals surface area contributed by atoms with Crippen molar-refractivity contribution in [2.45, 2.75) is 37.6 Å². The molecule has 0 heterocycles. The van der Waals surface area contributed by atoms with Gasteiger partial charge in [0.05, 0.1) is 26.7 Å². The van der Waals surface area contributed by atoms with Crippen molar-refractivity contribution in [2.75, 3.05) is 21.3 Å². The second-order valence-electron chi connectivity index (χ2n) is 7.00. The summed E-state index contributed by atoms with van der Waals surface area (Å²) in [5.41, 5.74) is 1.35. The van der Waals surface area contributed by atoms with E-state index in [1.807, 2.05) is 30.3 Å². The third-order valence-electron chi connectivity index (χ3n) is 5.51. The van der Waals surface area contributed by atoms with Gasteiger partial charge in [0.1, 0.15) is 5.75 Å². The number of nitrogens with one attached hydrogen (secondary N) is 1. The number of halogens is 1. The standard InChI is InChI=1S/C22H26ClNO4/c1-26-18-13-20(28-3)19(27-2)12-15(18)14-24-21(25)22(10-4-5-11-22)16-6-8-17(23)9-7-16/h6-9,12-13H,4-5,10-11,14H2,1-3H3,(H,24,25). The highest BCUT2D eigenvalue weighted by molar-refractivity contribution is 6.30. The Labute approximate surface area is 170 Å². The summed E-state index contributed by atoms with van der Waals surface area (Å²) in [5.74, 6) is 1.86. The zero-order valence-corrected chi connectivity index (χ0v) is 17.3. The van der Waals surface area contributed by atoms with E-state index in [0.29, 0.717) is 28.8 Å². The van der Waals surface area contributed by atoms with Crippen molar-refractivity contribution in [3.05, 3.63) is 52.5 Å². The monoisotopic (exact) mass is 403 g/mol. The van der Waals surface area contributed by atoms with E-state index in [1.54, 1.807) is 27.4 Å². The third kappa shape index (κ3) is 3.90. The minimum absolute atomic E-state index is 0.0316. The maximum Gasteiger partial charge on any atom is 0.230 e. The molecule has 0 aromatic heterocycles. The fourth-order valence-corrected chi connectivity index (χ4v) is 4.10. The van der Waals surface area contributed by atoms with Crippen LogP contribution >= 0.6 is 11.6 Å². The average Bonchev–Trinajstić information content (AvgIpc) is 3.23. The van der Waals surface area contributed by atoms with Crippen molar-refractivity contribution in [3.8, 4) is 17.2 Å². The molecule has 0 atom stereocenters. The Morgan fingerprint density at radius 3 is 2.11 bits per heavy atom. The number of hydrogen-bond donors (Lipinski definition) is 1. The van der Waals surface area contributed by atoms with E-state index in [0.717, 1.165) is 36.8 Å². The highest BCUT2D eigenvalue weighted by Gasteiger charge is 2.42. The second kappa shape index (κ2) is 8.74. The van der Waals surface area contributed by atoms with Crippen molar-refractivity contribution in [1.29, 1.82) is 0 Å². The second-order valence-corrected chi connectivity index (χ2v) is 7.43. The van der Waals surface area contributed by atoms with Crippen LogP contribution < -0.4 is 19.5 Å². The number of carbonyl (C=O) groups is 1. The molecule has 1 aliphatic rings. The number of rotatable bonds is 7. The number of amides is 1. The molecule has 0 saturated heterocycles. The van der Waals surface area contributed by atoms with Gasteiger partial charge in [0, 0.05) is 23.2 Å². The minimum Gasteiger partial charge on any atom is -0.496 e. The third-order valence-corrected chi connectivity index (χ3v) is 5.77. The Morgan fingerprint density at radius 1 is 0.964 bits per heavy atom. The van der Waals surface area contributed by atoms with Gasteiger partial charge < -0.3 is 19.5 Å². The van der Waals surface area contributed by atoms with Gasteiger partial charge in [-0.05, 0) is 36.6 Å². The number of carbonyl (C=O) groups excluding carboxylic acids is 1. The van der Waals surface area contributed by atoms with Crippen LogP contribution in [0.4, 0.5) is 0 Å². The molecule has 1 aliphatic carbocycles. The van der Waals surface area contributed by atoms with Gasteiger partial charge in [0.15, 0.2) is 11.5 Å². The molecule has 150 valence electrons. The van der Waals surface area contributed by atoms with E-state index in [9.17, 15) is 4.79 Å². The summed E-state index contributed by atoms with van der Waals surface area (Å²) in [5, 5.41) is 3.78. The fraction of sp³-hybridized carbons (Fsp3) is 0.409. The number of ether oxygens (including phenoxy) is 3. The molecular formula is C22H26ClNO4. The number of methoxy groups -OCH3 is 3. The predicted octanol–water partition coefficient (Wildman–Crippen LogP) is 4.49. The Kier molecular flexibility index (Phi) is 6.35. The normalized spacial score (nSPS) is 15.1. The van der Waals surface area contributed by atoms with Gasteiger partial charge >= 0.3 is 0 Å². The zero-order valence-electron chi connectivity index (χ0n) is 16.5. The molecule has 0 bridgehead atoms. The van der Waals surface area contributed by atoms with Gasteiger partial charge in [-0.1, -0.05) is 36.6 Å². The molecule has 3 rings (SSSR count). The zero-order chi connectivity index (χ0) is 20.1. The van der Waals surface area contributed by atoms with Crippen LogP contribution in [0.5, 0.6) is 17.2 Å². The lowest BCUT2D eigenvalue weighted by Crippen LogP contribution is -2.42. The van der Waals surface area contributed by atoms with Crippen LogP contribution in [-0.4, -0.2) is 27.2 Å². The SMILES string of the molecule is COc1cc(OC)c(OC)cc1CNC(=O)C1(c2ccc(Cl)cc2)CCCC1. The van der Waals surface area contributed by atoms with E-state index in [2.05, 4.69) is 5.32 Å². The average molecular weight is 404 g/mol. The molecule has 5 nitrogen and oxygen atoms in total. The quantitative estimate of drug-likeness (QED) is 0.739. The largest absolute Gasteiger partial charge is 0.496 e. The van der Waals surface area contributed by atoms with E-state index in [1.165, 1.54) is 0 Å². The lowest BCUT2D eigenvalue weighted by Gasteiger charge is -2.28. The molecule has 1 fully saturated rings. The van der Waals surface area contributed by atoms with E-state index >= 15 is 0 Å². The van der Waals surface area contributed by atoms with Crippen molar-refractivity contribution >= 4 is 17.5 Å². The number of benzene rings is 2. The smallest absolute Gasteiger partial charge is 0.230 e. The molecule has 0 spiro atoms. The predicted molar refractivity (Wildman–Crippen MR) is 110 cm³/mol. The first kappa shape index (κ1) is 20.3. The summed E-state index contributed by atoms with van der Waals surface area (Å²) in [4.78, 5) is 13.3. The molecule has 6 heteroatoms. The maximum atomic E-state index is 13.3. The summed E-state index contributed by atoms with van der Waals surface area (Å²) in [6, 6.07) is 11.2. The van der Waals surface area contributed by atoms with Crippen molar-refractivity contribution < 1.29 is 19.0 Å². The first-order chi connectivity index (χ1) is 13.5. The summed E-state index contributed by atoms with van der Waals surface area (Å²) in [7, 11) is 4.76. The molecule has 0 aliphatic heterocycles. The molecule has 2 aromatic rings. The Bertz CT molecular complexity index is 829. The minimum atomic E-state index is -0.506. The van der Waals surface area contributed by atoms with Crippen molar-refractivity contribution in [1.82, 2.24) is 5.32 Å². The van der Waals surface area contributed by atoms with E-state index in [4.69, 9.17) is 25.8 Å². The van der Waals surface area contributed by atoms with Crippen LogP contribution in [0.15, 0.2) is 36.4 Å². The molecule has 1 N–H and O–H groups in total. The molecular weight excluding hydrogens is 378 g/mol. The number of hydrogen-bond acceptors (Lipinski definition) is 4. The lowest BCUT2D eigenvalue weighted by atomic mass is 9.78. The van der Waals surface area contributed by atoms with E-state index in [-0.39, 0.29) is 5.91 Å².